The van der Waals surface area contributed by atoms with Gasteiger partial charge >= 0.3 is 0 Å². The van der Waals surface area contributed by atoms with Crippen LogP contribution < -0.4 is 0 Å². The molecule has 3 N–H and O–H groups in total. The van der Waals surface area contributed by atoms with Gasteiger partial charge in [-0.15, -0.1) is 0 Å². The van der Waals surface area contributed by atoms with Gasteiger partial charge in [-0.05, 0) is 74.2 Å². The highest BCUT2D eigenvalue weighted by Gasteiger charge is 2.61. The fraction of sp³-hybridized carbons (Fsp3) is 0.842. The Morgan fingerprint density at radius 2 is 1.87 bits per heavy atom. The fourth-order valence-corrected chi connectivity index (χ4v) is 6.73. The van der Waals surface area contributed by atoms with Crippen LogP contribution >= 0.6 is 0 Å². The Balaban J connectivity index is 1.74. The van der Waals surface area contributed by atoms with Gasteiger partial charge < -0.3 is 15.3 Å². The molecule has 0 saturated heterocycles. The van der Waals surface area contributed by atoms with Crippen LogP contribution in [0.3, 0.4) is 0 Å². The molecule has 6 atom stereocenters. The van der Waals surface area contributed by atoms with Gasteiger partial charge in [0.1, 0.15) is 0 Å². The van der Waals surface area contributed by atoms with Crippen LogP contribution in [0.25, 0.3) is 0 Å². The van der Waals surface area contributed by atoms with Gasteiger partial charge in [-0.1, -0.05) is 12.5 Å². The van der Waals surface area contributed by atoms with Crippen LogP contribution in [0.1, 0.15) is 58.3 Å². The second-order valence-corrected chi connectivity index (χ2v) is 8.60. The van der Waals surface area contributed by atoms with Crippen LogP contribution in [0.5, 0.6) is 0 Å². The molecule has 128 valence electrons. The van der Waals surface area contributed by atoms with Gasteiger partial charge in [-0.25, -0.2) is 0 Å². The fourth-order valence-electron chi connectivity index (χ4n) is 6.73. The van der Waals surface area contributed by atoms with Crippen LogP contribution in [0, 0.1) is 28.6 Å². The molecular formula is C19H28O4. The number of aliphatic hydroxyl groups is 3. The molecule has 0 aromatic heterocycles. The second kappa shape index (κ2) is 5.14. The van der Waals surface area contributed by atoms with Gasteiger partial charge in [0.2, 0.25) is 0 Å². The molecule has 0 radical (unpaired) electrons. The van der Waals surface area contributed by atoms with Crippen molar-refractivity contribution in [2.75, 3.05) is 0 Å². The van der Waals surface area contributed by atoms with Crippen LogP contribution in [0.2, 0.25) is 0 Å². The lowest BCUT2D eigenvalue weighted by Gasteiger charge is -2.59. The van der Waals surface area contributed by atoms with Gasteiger partial charge in [-0.2, -0.15) is 0 Å². The van der Waals surface area contributed by atoms with E-state index in [1.807, 2.05) is 0 Å². The summed E-state index contributed by atoms with van der Waals surface area (Å²) in [6, 6.07) is 0. The first-order valence-corrected chi connectivity index (χ1v) is 9.17. The molecule has 23 heavy (non-hydrogen) atoms. The molecule has 0 spiro atoms. The molecule has 4 nitrogen and oxygen atoms in total. The Bertz CT molecular complexity index is 554. The maximum Gasteiger partial charge on any atom is 0.161 e. The Morgan fingerprint density at radius 1 is 1.09 bits per heavy atom. The molecule has 4 aliphatic rings. The van der Waals surface area contributed by atoms with Crippen molar-refractivity contribution in [3.05, 3.63) is 11.6 Å². The maximum absolute atomic E-state index is 11.8. The average molecular weight is 320 g/mol. The minimum absolute atomic E-state index is 0.00549. The van der Waals surface area contributed by atoms with E-state index in [1.165, 1.54) is 0 Å². The lowest BCUT2D eigenvalue weighted by atomic mass is 9.46. The van der Waals surface area contributed by atoms with Crippen LogP contribution in [0.15, 0.2) is 11.6 Å². The van der Waals surface area contributed by atoms with Crippen molar-refractivity contribution in [1.82, 2.24) is 0 Å². The highest BCUT2D eigenvalue weighted by Crippen LogP contribution is 2.65. The number of hydrogen-bond acceptors (Lipinski definition) is 4. The molecule has 0 aromatic rings. The van der Waals surface area contributed by atoms with E-state index in [9.17, 15) is 20.1 Å². The van der Waals surface area contributed by atoms with E-state index in [4.69, 9.17) is 0 Å². The molecule has 3 saturated carbocycles. The van der Waals surface area contributed by atoms with Crippen molar-refractivity contribution in [2.24, 2.45) is 28.6 Å². The lowest BCUT2D eigenvalue weighted by Crippen LogP contribution is -2.56. The summed E-state index contributed by atoms with van der Waals surface area (Å²) in [6.07, 6.45) is 6.73. The normalized spacial score (nSPS) is 49.4. The zero-order valence-corrected chi connectivity index (χ0v) is 13.9. The largest absolute Gasteiger partial charge is 0.393 e. The van der Waals surface area contributed by atoms with Crippen LogP contribution in [-0.2, 0) is 4.79 Å². The van der Waals surface area contributed by atoms with Gasteiger partial charge in [-0.3, -0.25) is 4.79 Å². The molecule has 0 unspecified atom stereocenters. The monoisotopic (exact) mass is 320 g/mol. The molecule has 4 heteroatoms. The second-order valence-electron chi connectivity index (χ2n) is 8.60. The third kappa shape index (κ3) is 1.98. The zero-order chi connectivity index (χ0) is 16.4. The summed E-state index contributed by atoms with van der Waals surface area (Å²) in [5, 5.41) is 31.1. The van der Waals surface area contributed by atoms with Crippen molar-refractivity contribution in [3.8, 4) is 0 Å². The quantitative estimate of drug-likeness (QED) is 0.647. The number of carbonyl (C=O) groups is 1. The highest BCUT2D eigenvalue weighted by molar-refractivity contribution is 5.91. The molecule has 0 amide bonds. The number of aliphatic hydroxyl groups excluding tert-OH is 2. The van der Waals surface area contributed by atoms with Crippen molar-refractivity contribution < 1.29 is 20.1 Å². The minimum atomic E-state index is -1.38. The number of carbonyl (C=O) groups excluding carboxylic acids is 1. The van der Waals surface area contributed by atoms with Crippen LogP contribution in [-0.4, -0.2) is 33.5 Å². The summed E-state index contributed by atoms with van der Waals surface area (Å²) < 4.78 is 0. The topological polar surface area (TPSA) is 77.8 Å². The molecular weight excluding hydrogens is 292 g/mol. The Kier molecular flexibility index (Phi) is 3.53. The average Bonchev–Trinajstić information content (AvgIpc) is 2.82. The molecule has 0 heterocycles. The Labute approximate surface area is 137 Å². The first-order valence-electron chi connectivity index (χ1n) is 9.17. The third-order valence-electron chi connectivity index (χ3n) is 7.97. The van der Waals surface area contributed by atoms with E-state index >= 15 is 0 Å². The van der Waals surface area contributed by atoms with Gasteiger partial charge in [0.25, 0.3) is 0 Å². The first kappa shape index (κ1) is 15.8. The third-order valence-corrected chi connectivity index (χ3v) is 7.97. The van der Waals surface area contributed by atoms with E-state index in [0.29, 0.717) is 24.7 Å². The number of ketones is 1. The number of fused-ring (bicyclic) bond motifs is 5. The van der Waals surface area contributed by atoms with E-state index in [0.717, 1.165) is 44.1 Å². The van der Waals surface area contributed by atoms with E-state index in [-0.39, 0.29) is 23.2 Å². The number of rotatable bonds is 1. The van der Waals surface area contributed by atoms with E-state index in [1.54, 1.807) is 6.08 Å². The predicted molar refractivity (Wildman–Crippen MR) is 85.3 cm³/mol. The maximum atomic E-state index is 11.8. The first-order chi connectivity index (χ1) is 10.9. The number of hydrogen-bond donors (Lipinski definition) is 3. The molecule has 4 aliphatic carbocycles. The summed E-state index contributed by atoms with van der Waals surface area (Å²) in [4.78, 5) is 11.8. The molecule has 0 bridgehead atoms. The summed E-state index contributed by atoms with van der Waals surface area (Å²) in [5.74, 6) is 1.29. The molecule has 0 aliphatic heterocycles. The van der Waals surface area contributed by atoms with E-state index in [2.05, 4.69) is 6.92 Å². The SMILES string of the molecule is C[C@]12CC[C@H]3[C@@H](CCC4=CC(=O)CC[C@@]43C(O)O)[C@@H]1CC[C@@H]2O. The summed E-state index contributed by atoms with van der Waals surface area (Å²) in [5.41, 5.74) is 0.354. The Morgan fingerprint density at radius 3 is 2.61 bits per heavy atom. The molecule has 4 rings (SSSR count). The highest BCUT2D eigenvalue weighted by atomic mass is 16.5. The molecule has 0 aromatic carbocycles. The predicted octanol–water partition coefficient (Wildman–Crippen LogP) is 2.17. The minimum Gasteiger partial charge on any atom is -0.393 e. The summed E-state index contributed by atoms with van der Waals surface area (Å²) in [7, 11) is 0. The standard InChI is InChI=1S/C19H28O4/c1-18-8-7-15-13(14(18)4-5-16(18)21)3-2-11-10-12(20)6-9-19(11,15)17(22)23/h10,13-17,21-23H,2-9H2,1H3/t13-,14-,15-,16-,18-,19+/m0/s1. The van der Waals surface area contributed by atoms with Gasteiger partial charge in [0.15, 0.2) is 12.1 Å². The van der Waals surface area contributed by atoms with Crippen molar-refractivity contribution in [2.45, 2.75) is 70.7 Å². The van der Waals surface area contributed by atoms with E-state index < -0.39 is 11.7 Å². The molecule has 3 fully saturated rings. The summed E-state index contributed by atoms with van der Waals surface area (Å²) >= 11 is 0. The lowest BCUT2D eigenvalue weighted by molar-refractivity contribution is -0.187. The van der Waals surface area contributed by atoms with Crippen molar-refractivity contribution >= 4 is 5.78 Å². The van der Waals surface area contributed by atoms with Crippen molar-refractivity contribution in [1.29, 1.82) is 0 Å². The zero-order valence-electron chi connectivity index (χ0n) is 13.9. The van der Waals surface area contributed by atoms with Crippen LogP contribution in [0.4, 0.5) is 0 Å². The summed E-state index contributed by atoms with van der Waals surface area (Å²) in [6.45, 7) is 2.23. The van der Waals surface area contributed by atoms with Gasteiger partial charge in [0.05, 0.1) is 6.10 Å². The Hall–Kier alpha value is -0.710. The van der Waals surface area contributed by atoms with Gasteiger partial charge in [0, 0.05) is 11.8 Å². The smallest absolute Gasteiger partial charge is 0.161 e. The van der Waals surface area contributed by atoms with Crippen molar-refractivity contribution in [3.63, 3.8) is 0 Å².